The molecule has 0 radical (unpaired) electrons. The standard InChI is InChI=1S/C16H15ClN4O2/c17-14-12(8-3-10-1-2-11(4-8)20-10)5-9(6-18-14)13-7-19-16(23)21-15(13)22/h3,5-7,10-11,20H,1-2,4H2,(H2,19,21,22,23). The van der Waals surface area contributed by atoms with Crippen molar-refractivity contribution >= 4 is 17.2 Å². The number of hydrogen-bond acceptors (Lipinski definition) is 4. The molecule has 0 amide bonds. The van der Waals surface area contributed by atoms with Crippen molar-refractivity contribution < 1.29 is 0 Å². The number of nitrogens with one attached hydrogen (secondary N) is 3. The zero-order valence-corrected chi connectivity index (χ0v) is 13.0. The molecule has 3 N–H and O–H groups in total. The first-order valence-corrected chi connectivity index (χ1v) is 7.93. The Morgan fingerprint density at radius 1 is 1.22 bits per heavy atom. The van der Waals surface area contributed by atoms with E-state index in [1.807, 2.05) is 6.07 Å². The number of aromatic nitrogens is 3. The number of rotatable bonds is 2. The Morgan fingerprint density at radius 3 is 2.87 bits per heavy atom. The maximum Gasteiger partial charge on any atom is 0.325 e. The molecule has 2 aliphatic heterocycles. The number of aromatic amines is 2. The van der Waals surface area contributed by atoms with Crippen LogP contribution < -0.4 is 16.6 Å². The van der Waals surface area contributed by atoms with E-state index in [1.165, 1.54) is 6.20 Å². The molecule has 0 saturated carbocycles. The van der Waals surface area contributed by atoms with Gasteiger partial charge in [-0.1, -0.05) is 17.7 Å². The van der Waals surface area contributed by atoms with Gasteiger partial charge in [-0.05, 0) is 30.9 Å². The Morgan fingerprint density at radius 2 is 2.09 bits per heavy atom. The lowest BCUT2D eigenvalue weighted by atomic mass is 9.95. The zero-order valence-electron chi connectivity index (χ0n) is 12.2. The highest BCUT2D eigenvalue weighted by Crippen LogP contribution is 2.35. The van der Waals surface area contributed by atoms with Crippen molar-refractivity contribution in [1.82, 2.24) is 20.3 Å². The molecular weight excluding hydrogens is 316 g/mol. The van der Waals surface area contributed by atoms with Crippen molar-refractivity contribution in [3.63, 3.8) is 0 Å². The van der Waals surface area contributed by atoms with E-state index in [1.54, 1.807) is 6.20 Å². The molecule has 2 atom stereocenters. The highest BCUT2D eigenvalue weighted by Gasteiger charge is 2.29. The first-order chi connectivity index (χ1) is 11.1. The first-order valence-electron chi connectivity index (χ1n) is 7.55. The fraction of sp³-hybridized carbons (Fsp3) is 0.312. The van der Waals surface area contributed by atoms with Gasteiger partial charge in [-0.3, -0.25) is 9.78 Å². The minimum absolute atomic E-state index is 0.368. The summed E-state index contributed by atoms with van der Waals surface area (Å²) in [6.07, 6.45) is 8.35. The van der Waals surface area contributed by atoms with E-state index in [0.29, 0.717) is 28.4 Å². The molecule has 118 valence electrons. The summed E-state index contributed by atoms with van der Waals surface area (Å²) in [6.45, 7) is 0. The summed E-state index contributed by atoms with van der Waals surface area (Å²) in [4.78, 5) is 32.1. The summed E-state index contributed by atoms with van der Waals surface area (Å²) >= 11 is 6.28. The van der Waals surface area contributed by atoms with E-state index in [0.717, 1.165) is 30.4 Å². The van der Waals surface area contributed by atoms with Crippen LogP contribution in [-0.2, 0) is 0 Å². The summed E-state index contributed by atoms with van der Waals surface area (Å²) in [5.74, 6) is 0. The predicted molar refractivity (Wildman–Crippen MR) is 88.5 cm³/mol. The molecule has 2 bridgehead atoms. The summed E-state index contributed by atoms with van der Waals surface area (Å²) in [7, 11) is 0. The third-order valence-corrected chi connectivity index (χ3v) is 4.76. The van der Waals surface area contributed by atoms with Gasteiger partial charge in [0, 0.05) is 35.6 Å². The third-order valence-electron chi connectivity index (χ3n) is 4.46. The quantitative estimate of drug-likeness (QED) is 0.731. The van der Waals surface area contributed by atoms with Crippen LogP contribution in [0, 0.1) is 0 Å². The molecule has 1 saturated heterocycles. The number of H-pyrrole nitrogens is 2. The monoisotopic (exact) mass is 330 g/mol. The van der Waals surface area contributed by atoms with E-state index in [-0.39, 0.29) is 0 Å². The number of nitrogens with zero attached hydrogens (tertiary/aromatic N) is 1. The highest BCUT2D eigenvalue weighted by molar-refractivity contribution is 6.31. The normalized spacial score (nSPS) is 22.9. The van der Waals surface area contributed by atoms with Crippen molar-refractivity contribution in [3.8, 4) is 11.1 Å². The highest BCUT2D eigenvalue weighted by atomic mass is 35.5. The third kappa shape index (κ3) is 2.64. The lowest BCUT2D eigenvalue weighted by Gasteiger charge is -2.22. The lowest BCUT2D eigenvalue weighted by molar-refractivity contribution is 0.575. The molecule has 23 heavy (non-hydrogen) atoms. The van der Waals surface area contributed by atoms with E-state index >= 15 is 0 Å². The molecule has 4 rings (SSSR count). The van der Waals surface area contributed by atoms with Crippen LogP contribution in [0.5, 0.6) is 0 Å². The Hall–Kier alpha value is -2.18. The molecule has 2 unspecified atom stereocenters. The first kappa shape index (κ1) is 14.4. The number of fused-ring (bicyclic) bond motifs is 2. The van der Waals surface area contributed by atoms with Gasteiger partial charge in [-0.15, -0.1) is 0 Å². The van der Waals surface area contributed by atoms with Gasteiger partial charge in [0.15, 0.2) is 0 Å². The van der Waals surface area contributed by atoms with Gasteiger partial charge in [-0.25, -0.2) is 9.78 Å². The molecule has 2 aromatic heterocycles. The summed E-state index contributed by atoms with van der Waals surface area (Å²) in [6, 6.07) is 2.74. The molecular formula is C16H15ClN4O2. The number of hydrogen-bond donors (Lipinski definition) is 3. The Balaban J connectivity index is 1.80. The van der Waals surface area contributed by atoms with Crippen LogP contribution in [0.4, 0.5) is 0 Å². The molecule has 0 spiro atoms. The van der Waals surface area contributed by atoms with E-state index < -0.39 is 11.2 Å². The number of halogens is 1. The van der Waals surface area contributed by atoms with Crippen molar-refractivity contribution in [1.29, 1.82) is 0 Å². The SMILES string of the molecule is O=c1[nH]cc(-c2cnc(Cl)c(C3=CC4CCC(C3)N4)c2)c(=O)[nH]1. The fourth-order valence-electron chi connectivity index (χ4n) is 3.36. The van der Waals surface area contributed by atoms with Gasteiger partial charge >= 0.3 is 5.69 Å². The average molecular weight is 331 g/mol. The minimum atomic E-state index is -0.529. The van der Waals surface area contributed by atoms with Gasteiger partial charge in [0.2, 0.25) is 0 Å². The van der Waals surface area contributed by atoms with Gasteiger partial charge in [0.25, 0.3) is 5.56 Å². The van der Waals surface area contributed by atoms with Crippen LogP contribution in [0.1, 0.15) is 24.8 Å². The van der Waals surface area contributed by atoms with E-state index in [9.17, 15) is 9.59 Å². The Kier molecular flexibility index (Phi) is 3.43. The van der Waals surface area contributed by atoms with Gasteiger partial charge in [0.1, 0.15) is 5.15 Å². The molecule has 1 fully saturated rings. The van der Waals surface area contributed by atoms with Crippen LogP contribution in [0.15, 0.2) is 34.1 Å². The molecule has 4 heterocycles. The Labute approximate surface area is 136 Å². The molecule has 6 nitrogen and oxygen atoms in total. The maximum absolute atomic E-state index is 12.0. The predicted octanol–water partition coefficient (Wildman–Crippen LogP) is 1.69. The molecule has 0 aliphatic carbocycles. The fourth-order valence-corrected chi connectivity index (χ4v) is 3.59. The van der Waals surface area contributed by atoms with Crippen molar-refractivity contribution in [2.24, 2.45) is 0 Å². The zero-order chi connectivity index (χ0) is 16.0. The van der Waals surface area contributed by atoms with Gasteiger partial charge < -0.3 is 10.3 Å². The van der Waals surface area contributed by atoms with E-state index in [4.69, 9.17) is 11.6 Å². The van der Waals surface area contributed by atoms with Crippen LogP contribution in [0.2, 0.25) is 5.15 Å². The second-order valence-electron chi connectivity index (χ2n) is 5.99. The number of pyridine rings is 1. The van der Waals surface area contributed by atoms with Crippen molar-refractivity contribution in [3.05, 3.63) is 56.1 Å². The van der Waals surface area contributed by atoms with Gasteiger partial charge in [0.05, 0.1) is 5.56 Å². The van der Waals surface area contributed by atoms with Crippen molar-refractivity contribution in [2.75, 3.05) is 0 Å². The van der Waals surface area contributed by atoms with Crippen LogP contribution in [0.25, 0.3) is 16.7 Å². The molecule has 0 aromatic carbocycles. The van der Waals surface area contributed by atoms with Crippen molar-refractivity contribution in [2.45, 2.75) is 31.3 Å². The average Bonchev–Trinajstić information content (AvgIpc) is 2.86. The smallest absolute Gasteiger partial charge is 0.313 e. The van der Waals surface area contributed by atoms with Crippen LogP contribution in [0.3, 0.4) is 0 Å². The lowest BCUT2D eigenvalue weighted by Crippen LogP contribution is -2.32. The largest absolute Gasteiger partial charge is 0.325 e. The van der Waals surface area contributed by atoms with Crippen LogP contribution >= 0.6 is 11.6 Å². The topological polar surface area (TPSA) is 90.6 Å². The molecule has 2 aromatic rings. The van der Waals surface area contributed by atoms with Crippen LogP contribution in [-0.4, -0.2) is 27.0 Å². The second kappa shape index (κ2) is 5.47. The summed E-state index contributed by atoms with van der Waals surface area (Å²) < 4.78 is 0. The van der Waals surface area contributed by atoms with Gasteiger partial charge in [-0.2, -0.15) is 0 Å². The molecule has 2 aliphatic rings. The van der Waals surface area contributed by atoms with E-state index in [2.05, 4.69) is 26.3 Å². The maximum atomic E-state index is 12.0. The summed E-state index contributed by atoms with van der Waals surface area (Å²) in [5, 5.41) is 3.97. The molecule has 7 heteroatoms. The summed E-state index contributed by atoms with van der Waals surface area (Å²) in [5.41, 5.74) is 2.05. The Bertz CT molecular complexity index is 915. The second-order valence-corrected chi connectivity index (χ2v) is 6.35. The minimum Gasteiger partial charge on any atom is -0.313 e.